The molecule has 0 radical (unpaired) electrons. The minimum Gasteiger partial charge on any atom is -0.313 e. The molecule has 0 aliphatic heterocycles. The Bertz CT molecular complexity index is 599. The first kappa shape index (κ1) is 13.9. The number of nitrogens with one attached hydrogen (secondary N) is 1. The molecule has 0 saturated heterocycles. The fourth-order valence-corrected chi connectivity index (χ4v) is 3.66. The molecule has 1 nitrogen and oxygen atoms in total. The molecular formula is C17H17Cl2N. The van der Waals surface area contributed by atoms with E-state index in [9.17, 15) is 0 Å². The van der Waals surface area contributed by atoms with Crippen LogP contribution in [0.2, 0.25) is 10.0 Å². The Labute approximate surface area is 129 Å². The Morgan fingerprint density at radius 3 is 2.25 bits per heavy atom. The fraction of sp³-hybridized carbons (Fsp3) is 0.294. The molecule has 2 aromatic rings. The molecule has 0 fully saturated rings. The van der Waals surface area contributed by atoms with Crippen molar-refractivity contribution < 1.29 is 0 Å². The highest BCUT2D eigenvalue weighted by atomic mass is 35.5. The van der Waals surface area contributed by atoms with Crippen molar-refractivity contribution in [3.8, 4) is 0 Å². The van der Waals surface area contributed by atoms with Gasteiger partial charge in [0.05, 0.1) is 10.0 Å². The average molecular weight is 306 g/mol. The summed E-state index contributed by atoms with van der Waals surface area (Å²) in [6.45, 7) is 0. The molecule has 3 rings (SSSR count). The highest BCUT2D eigenvalue weighted by Crippen LogP contribution is 2.39. The first-order valence-corrected chi connectivity index (χ1v) is 7.64. The molecule has 0 aromatic heterocycles. The van der Waals surface area contributed by atoms with Crippen molar-refractivity contribution in [2.24, 2.45) is 5.92 Å². The van der Waals surface area contributed by atoms with Gasteiger partial charge in [0.15, 0.2) is 0 Å². The first-order valence-electron chi connectivity index (χ1n) is 6.88. The molecule has 1 aliphatic carbocycles. The number of benzene rings is 2. The Morgan fingerprint density at radius 2 is 1.65 bits per heavy atom. The third-order valence-electron chi connectivity index (χ3n) is 4.18. The van der Waals surface area contributed by atoms with Crippen LogP contribution in [0.1, 0.15) is 22.7 Å². The largest absolute Gasteiger partial charge is 0.313 e. The molecule has 0 spiro atoms. The van der Waals surface area contributed by atoms with Crippen LogP contribution in [-0.2, 0) is 12.8 Å². The predicted octanol–water partition coefficient (Wildman–Crippen LogP) is 4.67. The molecule has 0 saturated carbocycles. The number of rotatable bonds is 3. The van der Waals surface area contributed by atoms with Gasteiger partial charge in [-0.2, -0.15) is 0 Å². The maximum absolute atomic E-state index is 6.38. The van der Waals surface area contributed by atoms with E-state index in [0.29, 0.717) is 16.0 Å². The standard InChI is InChI=1S/C17H17Cl2N/c1-20-17(14-7-4-8-15(18)16(14)19)13-9-11-5-2-3-6-12(11)10-13/h2-8,13,17,20H,9-10H2,1H3. The second-order valence-corrected chi connectivity index (χ2v) is 6.13. The molecule has 3 heteroatoms. The Kier molecular flexibility index (Phi) is 4.02. The van der Waals surface area contributed by atoms with E-state index < -0.39 is 0 Å². The summed E-state index contributed by atoms with van der Waals surface area (Å²) in [4.78, 5) is 0. The third-order valence-corrected chi connectivity index (χ3v) is 5.02. The summed E-state index contributed by atoms with van der Waals surface area (Å²) in [5.74, 6) is 0.522. The summed E-state index contributed by atoms with van der Waals surface area (Å²) in [6, 6.07) is 14.8. The molecule has 104 valence electrons. The molecule has 0 amide bonds. The molecule has 2 aromatic carbocycles. The Balaban J connectivity index is 1.91. The Hall–Kier alpha value is -1.02. The van der Waals surface area contributed by atoms with Gasteiger partial charge >= 0.3 is 0 Å². The summed E-state index contributed by atoms with van der Waals surface area (Å²) in [5, 5.41) is 4.72. The third kappa shape index (κ3) is 2.46. The second kappa shape index (κ2) is 5.77. The number of hydrogen-bond acceptors (Lipinski definition) is 1. The highest BCUT2D eigenvalue weighted by Gasteiger charge is 2.30. The first-order chi connectivity index (χ1) is 9.70. The Morgan fingerprint density at radius 1 is 1.00 bits per heavy atom. The van der Waals surface area contributed by atoms with Crippen LogP contribution < -0.4 is 5.32 Å². The fourth-order valence-electron chi connectivity index (χ4n) is 3.23. The molecule has 1 atom stereocenters. The lowest BCUT2D eigenvalue weighted by atomic mass is 9.90. The second-order valence-electron chi connectivity index (χ2n) is 5.35. The summed E-state index contributed by atoms with van der Waals surface area (Å²) in [6.07, 6.45) is 2.18. The lowest BCUT2D eigenvalue weighted by molar-refractivity contribution is 0.397. The van der Waals surface area contributed by atoms with Gasteiger partial charge in [0.2, 0.25) is 0 Å². The molecule has 1 unspecified atom stereocenters. The van der Waals surface area contributed by atoms with E-state index in [1.807, 2.05) is 19.2 Å². The maximum Gasteiger partial charge on any atom is 0.0640 e. The van der Waals surface area contributed by atoms with Gasteiger partial charge in [-0.05, 0) is 48.6 Å². The van der Waals surface area contributed by atoms with Gasteiger partial charge in [0.25, 0.3) is 0 Å². The summed E-state index contributed by atoms with van der Waals surface area (Å²) >= 11 is 12.5. The van der Waals surface area contributed by atoms with Crippen molar-refractivity contribution >= 4 is 23.2 Å². The van der Waals surface area contributed by atoms with Crippen molar-refractivity contribution in [1.82, 2.24) is 5.32 Å². The predicted molar refractivity (Wildman–Crippen MR) is 85.6 cm³/mol. The van der Waals surface area contributed by atoms with Crippen LogP contribution in [0.4, 0.5) is 0 Å². The van der Waals surface area contributed by atoms with E-state index in [4.69, 9.17) is 23.2 Å². The lowest BCUT2D eigenvalue weighted by Gasteiger charge is -2.24. The number of halogens is 2. The summed E-state index contributed by atoms with van der Waals surface area (Å²) in [7, 11) is 1.99. The van der Waals surface area contributed by atoms with Crippen molar-refractivity contribution in [2.45, 2.75) is 18.9 Å². The molecular weight excluding hydrogens is 289 g/mol. The van der Waals surface area contributed by atoms with Gasteiger partial charge < -0.3 is 5.32 Å². The topological polar surface area (TPSA) is 12.0 Å². The summed E-state index contributed by atoms with van der Waals surface area (Å²) in [5.41, 5.74) is 4.01. The van der Waals surface area contributed by atoms with Crippen molar-refractivity contribution in [3.63, 3.8) is 0 Å². The number of fused-ring (bicyclic) bond motifs is 1. The zero-order valence-corrected chi connectivity index (χ0v) is 12.9. The van der Waals surface area contributed by atoms with E-state index in [1.54, 1.807) is 0 Å². The zero-order valence-electron chi connectivity index (χ0n) is 11.4. The van der Waals surface area contributed by atoms with Gasteiger partial charge in [0, 0.05) is 6.04 Å². The van der Waals surface area contributed by atoms with Gasteiger partial charge in [0.1, 0.15) is 0 Å². The molecule has 0 heterocycles. The van der Waals surface area contributed by atoms with Crippen LogP contribution in [0.25, 0.3) is 0 Å². The quantitative estimate of drug-likeness (QED) is 0.869. The van der Waals surface area contributed by atoms with Crippen LogP contribution in [0, 0.1) is 5.92 Å². The SMILES string of the molecule is CNC(c1cccc(Cl)c1Cl)C1Cc2ccccc2C1. The van der Waals surface area contributed by atoms with E-state index in [-0.39, 0.29) is 6.04 Å². The van der Waals surface area contributed by atoms with Crippen molar-refractivity contribution in [2.75, 3.05) is 7.05 Å². The minimum absolute atomic E-state index is 0.230. The van der Waals surface area contributed by atoms with Crippen molar-refractivity contribution in [1.29, 1.82) is 0 Å². The summed E-state index contributed by atoms with van der Waals surface area (Å²) < 4.78 is 0. The van der Waals surface area contributed by atoms with E-state index in [0.717, 1.165) is 18.4 Å². The van der Waals surface area contributed by atoms with Crippen LogP contribution in [0.15, 0.2) is 42.5 Å². The van der Waals surface area contributed by atoms with Crippen LogP contribution in [-0.4, -0.2) is 7.05 Å². The molecule has 0 bridgehead atoms. The zero-order chi connectivity index (χ0) is 14.1. The maximum atomic E-state index is 6.38. The average Bonchev–Trinajstić information content (AvgIpc) is 2.87. The van der Waals surface area contributed by atoms with Crippen LogP contribution in [0.5, 0.6) is 0 Å². The minimum atomic E-state index is 0.230. The van der Waals surface area contributed by atoms with E-state index in [1.165, 1.54) is 11.1 Å². The van der Waals surface area contributed by atoms with Gasteiger partial charge in [-0.3, -0.25) is 0 Å². The van der Waals surface area contributed by atoms with Gasteiger partial charge in [-0.1, -0.05) is 59.6 Å². The monoisotopic (exact) mass is 305 g/mol. The molecule has 1 N–H and O–H groups in total. The van der Waals surface area contributed by atoms with E-state index >= 15 is 0 Å². The highest BCUT2D eigenvalue weighted by molar-refractivity contribution is 6.42. The molecule has 20 heavy (non-hydrogen) atoms. The number of hydrogen-bond donors (Lipinski definition) is 1. The normalized spacial score (nSPS) is 16.1. The van der Waals surface area contributed by atoms with Crippen LogP contribution in [0.3, 0.4) is 0 Å². The smallest absolute Gasteiger partial charge is 0.0640 e. The van der Waals surface area contributed by atoms with Crippen molar-refractivity contribution in [3.05, 3.63) is 69.2 Å². The van der Waals surface area contributed by atoms with Crippen LogP contribution >= 0.6 is 23.2 Å². The van der Waals surface area contributed by atoms with Gasteiger partial charge in [-0.15, -0.1) is 0 Å². The lowest BCUT2D eigenvalue weighted by Crippen LogP contribution is -2.26. The van der Waals surface area contributed by atoms with Gasteiger partial charge in [-0.25, -0.2) is 0 Å². The van der Waals surface area contributed by atoms with E-state index in [2.05, 4.69) is 35.6 Å². The molecule has 1 aliphatic rings.